The second kappa shape index (κ2) is 9.77. The number of hydrogen-bond acceptors (Lipinski definition) is 3. The van der Waals surface area contributed by atoms with Crippen LogP contribution in [0.5, 0.6) is 0 Å². The molecule has 3 aromatic rings. The van der Waals surface area contributed by atoms with Crippen LogP contribution >= 0.6 is 23.2 Å². The van der Waals surface area contributed by atoms with E-state index in [0.717, 1.165) is 38.2 Å². The third-order valence-corrected chi connectivity index (χ3v) is 6.36. The van der Waals surface area contributed by atoms with E-state index in [1.54, 1.807) is 13.0 Å². The maximum Gasteiger partial charge on any atom is 0.359 e. The van der Waals surface area contributed by atoms with Gasteiger partial charge in [0.1, 0.15) is 17.5 Å². The smallest absolute Gasteiger partial charge is 0.359 e. The van der Waals surface area contributed by atoms with Crippen LogP contribution < -0.4 is 0 Å². The van der Waals surface area contributed by atoms with Crippen LogP contribution in [0.25, 0.3) is 16.9 Å². The number of imidazole rings is 1. The lowest BCUT2D eigenvalue weighted by molar-refractivity contribution is 0.0521. The Morgan fingerprint density at radius 1 is 1.09 bits per heavy atom. The van der Waals surface area contributed by atoms with Crippen LogP contribution in [-0.2, 0) is 4.74 Å². The number of halogens is 5. The summed E-state index contributed by atoms with van der Waals surface area (Å²) in [4.78, 5) is 17.4. The Labute approximate surface area is 199 Å². The summed E-state index contributed by atoms with van der Waals surface area (Å²) in [6.07, 6.45) is 4.48. The fourth-order valence-electron chi connectivity index (χ4n) is 4.28. The number of nitrogens with zero attached hydrogens (tertiary/aromatic N) is 2. The number of carbonyl (C=O) groups is 1. The number of rotatable bonds is 5. The second-order valence-corrected chi connectivity index (χ2v) is 8.69. The Bertz CT molecular complexity index is 1210. The SMILES string of the molecule is CCOC(=O)c1nc(C2CCCCC2)n(-c2cccc(Cl)c2F)c1-c1cc(Cl)c(F)cc1F. The lowest BCUT2D eigenvalue weighted by Crippen LogP contribution is -2.13. The van der Waals surface area contributed by atoms with E-state index in [-0.39, 0.29) is 45.2 Å². The molecule has 33 heavy (non-hydrogen) atoms. The molecule has 0 unspecified atom stereocenters. The lowest BCUT2D eigenvalue weighted by atomic mass is 9.88. The molecule has 0 saturated heterocycles. The molecular formula is C24H21Cl2F3N2O2. The molecule has 1 aliphatic carbocycles. The van der Waals surface area contributed by atoms with Gasteiger partial charge in [-0.25, -0.2) is 22.9 Å². The topological polar surface area (TPSA) is 44.1 Å². The van der Waals surface area contributed by atoms with Crippen molar-refractivity contribution in [1.29, 1.82) is 0 Å². The van der Waals surface area contributed by atoms with E-state index in [2.05, 4.69) is 4.98 Å². The van der Waals surface area contributed by atoms with Crippen molar-refractivity contribution >= 4 is 29.2 Å². The molecule has 1 aliphatic rings. The summed E-state index contributed by atoms with van der Waals surface area (Å²) < 4.78 is 50.8. The predicted octanol–water partition coefficient (Wildman–Crippen LogP) is 7.49. The normalized spacial score (nSPS) is 14.5. The van der Waals surface area contributed by atoms with E-state index in [4.69, 9.17) is 27.9 Å². The summed E-state index contributed by atoms with van der Waals surface area (Å²) in [5.41, 5.74) is -0.452. The van der Waals surface area contributed by atoms with Gasteiger partial charge in [-0.1, -0.05) is 48.5 Å². The Morgan fingerprint density at radius 2 is 1.82 bits per heavy atom. The minimum absolute atomic E-state index is 0.000898. The third-order valence-electron chi connectivity index (χ3n) is 5.78. The molecule has 0 N–H and O–H groups in total. The molecule has 1 fully saturated rings. The second-order valence-electron chi connectivity index (χ2n) is 7.88. The zero-order valence-corrected chi connectivity index (χ0v) is 19.3. The molecule has 174 valence electrons. The molecule has 9 heteroatoms. The molecular weight excluding hydrogens is 476 g/mol. The molecule has 4 nitrogen and oxygen atoms in total. The van der Waals surface area contributed by atoms with Gasteiger partial charge in [0.05, 0.1) is 28.0 Å². The number of esters is 1. The lowest BCUT2D eigenvalue weighted by Gasteiger charge is -2.23. The summed E-state index contributed by atoms with van der Waals surface area (Å²) in [7, 11) is 0. The minimum atomic E-state index is -0.971. The first kappa shape index (κ1) is 23.6. The highest BCUT2D eigenvalue weighted by Gasteiger charge is 2.32. The van der Waals surface area contributed by atoms with Gasteiger partial charge in [-0.05, 0) is 38.0 Å². The van der Waals surface area contributed by atoms with Crippen LogP contribution in [0.3, 0.4) is 0 Å². The third kappa shape index (κ3) is 4.49. The summed E-state index contributed by atoms with van der Waals surface area (Å²) in [6.45, 7) is 1.69. The quantitative estimate of drug-likeness (QED) is 0.271. The fourth-order valence-corrected chi connectivity index (χ4v) is 4.61. The molecule has 0 bridgehead atoms. The van der Waals surface area contributed by atoms with Crippen LogP contribution in [0, 0.1) is 17.5 Å². The van der Waals surface area contributed by atoms with Crippen molar-refractivity contribution in [2.24, 2.45) is 0 Å². The van der Waals surface area contributed by atoms with Gasteiger partial charge >= 0.3 is 5.97 Å². The Kier molecular flexibility index (Phi) is 7.00. The maximum atomic E-state index is 15.3. The van der Waals surface area contributed by atoms with Crippen molar-refractivity contribution in [3.63, 3.8) is 0 Å². The van der Waals surface area contributed by atoms with Gasteiger partial charge in [0.25, 0.3) is 0 Å². The zero-order chi connectivity index (χ0) is 23.7. The van der Waals surface area contributed by atoms with E-state index in [0.29, 0.717) is 11.9 Å². The average Bonchev–Trinajstić information content (AvgIpc) is 3.19. The highest BCUT2D eigenvalue weighted by molar-refractivity contribution is 6.31. The predicted molar refractivity (Wildman–Crippen MR) is 121 cm³/mol. The highest BCUT2D eigenvalue weighted by Crippen LogP contribution is 2.40. The van der Waals surface area contributed by atoms with Crippen molar-refractivity contribution in [3.8, 4) is 16.9 Å². The molecule has 0 radical (unpaired) electrons. The van der Waals surface area contributed by atoms with Crippen molar-refractivity contribution in [2.75, 3.05) is 6.61 Å². The van der Waals surface area contributed by atoms with Gasteiger partial charge in [0, 0.05) is 17.5 Å². The van der Waals surface area contributed by atoms with Gasteiger partial charge in [-0.3, -0.25) is 4.57 Å². The summed E-state index contributed by atoms with van der Waals surface area (Å²) in [5, 5.41) is -0.489. The minimum Gasteiger partial charge on any atom is -0.461 e. The van der Waals surface area contributed by atoms with Crippen LogP contribution in [-0.4, -0.2) is 22.1 Å². The van der Waals surface area contributed by atoms with Crippen molar-refractivity contribution in [3.05, 3.63) is 69.3 Å². The number of hydrogen-bond donors (Lipinski definition) is 0. The molecule has 0 aliphatic heterocycles. The monoisotopic (exact) mass is 496 g/mol. The summed E-state index contributed by atoms with van der Waals surface area (Å²) in [6, 6.07) is 6.09. The largest absolute Gasteiger partial charge is 0.461 e. The number of aromatic nitrogens is 2. The molecule has 0 amide bonds. The van der Waals surface area contributed by atoms with E-state index in [1.807, 2.05) is 0 Å². The van der Waals surface area contributed by atoms with E-state index in [9.17, 15) is 9.18 Å². The van der Waals surface area contributed by atoms with E-state index >= 15 is 8.78 Å². The van der Waals surface area contributed by atoms with Gasteiger partial charge in [0.2, 0.25) is 0 Å². The van der Waals surface area contributed by atoms with Crippen LogP contribution in [0.15, 0.2) is 30.3 Å². The van der Waals surface area contributed by atoms with Gasteiger partial charge in [-0.15, -0.1) is 0 Å². The van der Waals surface area contributed by atoms with Crippen molar-refractivity contribution in [2.45, 2.75) is 44.9 Å². The first-order valence-electron chi connectivity index (χ1n) is 10.7. The Hall–Kier alpha value is -2.51. The first-order chi connectivity index (χ1) is 15.8. The average molecular weight is 497 g/mol. The number of benzene rings is 2. The molecule has 4 rings (SSSR count). The van der Waals surface area contributed by atoms with Crippen LogP contribution in [0.4, 0.5) is 13.2 Å². The fraction of sp³-hybridized carbons (Fsp3) is 0.333. The Balaban J connectivity index is 2.09. The van der Waals surface area contributed by atoms with Crippen LogP contribution in [0.2, 0.25) is 10.0 Å². The van der Waals surface area contributed by atoms with Gasteiger partial charge < -0.3 is 4.74 Å². The van der Waals surface area contributed by atoms with Crippen molar-refractivity contribution < 1.29 is 22.7 Å². The Morgan fingerprint density at radius 3 is 2.52 bits per heavy atom. The molecule has 0 atom stereocenters. The molecule has 1 saturated carbocycles. The van der Waals surface area contributed by atoms with Crippen molar-refractivity contribution in [1.82, 2.24) is 9.55 Å². The number of carbonyl (C=O) groups excluding carboxylic acids is 1. The highest BCUT2D eigenvalue weighted by atomic mass is 35.5. The standard InChI is InChI=1S/C24H21Cl2F3N2O2/c1-2-33-24(32)21-22(14-11-16(26)18(28)12-17(14)27)31(19-10-6-9-15(25)20(19)29)23(30-21)13-7-4-3-5-8-13/h6,9-13H,2-5,7-8H2,1H3. The van der Waals surface area contributed by atoms with E-state index < -0.39 is 23.4 Å². The van der Waals surface area contributed by atoms with Gasteiger partial charge in [-0.2, -0.15) is 0 Å². The summed E-state index contributed by atoms with van der Waals surface area (Å²) in [5.74, 6) is -3.18. The van der Waals surface area contributed by atoms with Gasteiger partial charge in [0.15, 0.2) is 11.5 Å². The van der Waals surface area contributed by atoms with E-state index in [1.165, 1.54) is 16.7 Å². The molecule has 2 aromatic carbocycles. The first-order valence-corrected chi connectivity index (χ1v) is 11.5. The van der Waals surface area contributed by atoms with Crippen LogP contribution in [0.1, 0.15) is 61.3 Å². The molecule has 0 spiro atoms. The maximum absolute atomic E-state index is 15.3. The molecule has 1 aromatic heterocycles. The number of ether oxygens (including phenoxy) is 1. The molecule has 1 heterocycles. The summed E-state index contributed by atoms with van der Waals surface area (Å²) >= 11 is 12.0. The zero-order valence-electron chi connectivity index (χ0n) is 17.8.